The molecule has 0 atom stereocenters. The lowest BCUT2D eigenvalue weighted by atomic mass is 10.0. The fraction of sp³-hybridized carbons (Fsp3) is 0.133. The van der Waals surface area contributed by atoms with E-state index in [2.05, 4.69) is 31.9 Å². The van der Waals surface area contributed by atoms with Crippen molar-refractivity contribution < 1.29 is 9.53 Å². The summed E-state index contributed by atoms with van der Waals surface area (Å²) in [6.45, 7) is 2.39. The highest BCUT2D eigenvalue weighted by Crippen LogP contribution is 2.28. The molecule has 0 aliphatic rings. The Balaban J connectivity index is 2.46. The van der Waals surface area contributed by atoms with E-state index in [0.29, 0.717) is 29.2 Å². The fourth-order valence-electron chi connectivity index (χ4n) is 1.80. The number of halogens is 2. The summed E-state index contributed by atoms with van der Waals surface area (Å²) in [6.07, 6.45) is 0. The highest BCUT2D eigenvalue weighted by Gasteiger charge is 2.16. The molecule has 20 heavy (non-hydrogen) atoms. The number of anilines is 1. The molecule has 2 N–H and O–H groups in total. The fourth-order valence-corrected chi connectivity index (χ4v) is 2.41. The summed E-state index contributed by atoms with van der Waals surface area (Å²) in [7, 11) is 0. The predicted molar refractivity (Wildman–Crippen MR) is 87.3 cm³/mol. The highest BCUT2D eigenvalue weighted by atomic mass is 79.9. The van der Waals surface area contributed by atoms with E-state index in [4.69, 9.17) is 10.5 Å². The first kappa shape index (κ1) is 15.1. The van der Waals surface area contributed by atoms with E-state index >= 15 is 0 Å². The number of hydrogen-bond acceptors (Lipinski definition) is 3. The number of rotatable bonds is 4. The molecule has 2 aromatic carbocycles. The van der Waals surface area contributed by atoms with Gasteiger partial charge in [0.05, 0.1) is 12.2 Å². The SMILES string of the molecule is CCOc1ccc(Br)cc1C(=O)c1ccc(Br)c(N)c1. The molecule has 5 heteroatoms. The lowest BCUT2D eigenvalue weighted by molar-refractivity contribution is 0.103. The van der Waals surface area contributed by atoms with Gasteiger partial charge in [0.25, 0.3) is 0 Å². The zero-order valence-corrected chi connectivity index (χ0v) is 14.0. The van der Waals surface area contributed by atoms with E-state index in [1.165, 1.54) is 0 Å². The minimum atomic E-state index is -0.117. The molecule has 0 heterocycles. The van der Waals surface area contributed by atoms with Crippen molar-refractivity contribution in [1.29, 1.82) is 0 Å². The number of nitrogen functional groups attached to an aromatic ring is 1. The lowest BCUT2D eigenvalue weighted by Crippen LogP contribution is -2.06. The molecule has 0 aromatic heterocycles. The van der Waals surface area contributed by atoms with Crippen LogP contribution in [0.15, 0.2) is 45.3 Å². The molecule has 3 nitrogen and oxygen atoms in total. The van der Waals surface area contributed by atoms with Crippen LogP contribution in [0.1, 0.15) is 22.8 Å². The summed E-state index contributed by atoms with van der Waals surface area (Å²) in [5, 5.41) is 0. The summed E-state index contributed by atoms with van der Waals surface area (Å²) in [5.41, 5.74) is 7.40. The van der Waals surface area contributed by atoms with Crippen molar-refractivity contribution in [2.24, 2.45) is 0 Å². The van der Waals surface area contributed by atoms with Crippen molar-refractivity contribution in [3.05, 3.63) is 56.5 Å². The number of ether oxygens (including phenoxy) is 1. The van der Waals surface area contributed by atoms with Gasteiger partial charge in [0.1, 0.15) is 5.75 Å². The molecule has 0 fully saturated rings. The van der Waals surface area contributed by atoms with Crippen LogP contribution in [0.2, 0.25) is 0 Å². The molecule has 0 bridgehead atoms. The molecule has 0 saturated carbocycles. The minimum absolute atomic E-state index is 0.117. The van der Waals surface area contributed by atoms with Crippen molar-refractivity contribution in [2.45, 2.75) is 6.92 Å². The van der Waals surface area contributed by atoms with Gasteiger partial charge < -0.3 is 10.5 Å². The lowest BCUT2D eigenvalue weighted by Gasteiger charge is -2.10. The molecule has 2 rings (SSSR count). The van der Waals surface area contributed by atoms with Gasteiger partial charge >= 0.3 is 0 Å². The Labute approximate surface area is 134 Å². The summed E-state index contributed by atoms with van der Waals surface area (Å²) >= 11 is 6.69. The van der Waals surface area contributed by atoms with Gasteiger partial charge in [-0.25, -0.2) is 0 Å². The third-order valence-corrected chi connectivity index (χ3v) is 3.96. The summed E-state index contributed by atoms with van der Waals surface area (Å²) in [4.78, 5) is 12.6. The van der Waals surface area contributed by atoms with E-state index in [0.717, 1.165) is 8.95 Å². The number of ketones is 1. The van der Waals surface area contributed by atoms with Crippen molar-refractivity contribution >= 4 is 43.3 Å². The van der Waals surface area contributed by atoms with E-state index in [-0.39, 0.29) is 5.78 Å². The molecule has 0 aliphatic heterocycles. The van der Waals surface area contributed by atoms with Crippen LogP contribution in [-0.4, -0.2) is 12.4 Å². The van der Waals surface area contributed by atoms with Gasteiger partial charge in [0.15, 0.2) is 5.78 Å². The molecule has 0 amide bonds. The second-order valence-corrected chi connectivity index (χ2v) is 5.91. The van der Waals surface area contributed by atoms with Crippen LogP contribution in [0.3, 0.4) is 0 Å². The molecule has 0 radical (unpaired) electrons. The third kappa shape index (κ3) is 3.22. The van der Waals surface area contributed by atoms with Gasteiger partial charge in [-0.15, -0.1) is 0 Å². The first-order valence-electron chi connectivity index (χ1n) is 6.05. The van der Waals surface area contributed by atoms with Crippen LogP contribution >= 0.6 is 31.9 Å². The molecular weight excluding hydrogens is 386 g/mol. The molecule has 2 aromatic rings. The largest absolute Gasteiger partial charge is 0.493 e. The van der Waals surface area contributed by atoms with Crippen molar-refractivity contribution in [3.8, 4) is 5.75 Å². The van der Waals surface area contributed by atoms with Gasteiger partial charge in [-0.2, -0.15) is 0 Å². The number of carbonyl (C=O) groups excluding carboxylic acids is 1. The van der Waals surface area contributed by atoms with Crippen molar-refractivity contribution in [1.82, 2.24) is 0 Å². The number of benzene rings is 2. The highest BCUT2D eigenvalue weighted by molar-refractivity contribution is 9.10. The quantitative estimate of drug-likeness (QED) is 0.612. The van der Waals surface area contributed by atoms with Crippen LogP contribution in [0.25, 0.3) is 0 Å². The normalized spacial score (nSPS) is 10.3. The van der Waals surface area contributed by atoms with E-state index in [9.17, 15) is 4.79 Å². The zero-order chi connectivity index (χ0) is 14.7. The average molecular weight is 399 g/mol. The maximum Gasteiger partial charge on any atom is 0.196 e. The molecular formula is C15H13Br2NO2. The van der Waals surface area contributed by atoms with Crippen LogP contribution in [0.5, 0.6) is 5.75 Å². The van der Waals surface area contributed by atoms with E-state index in [1.807, 2.05) is 13.0 Å². The molecule has 104 valence electrons. The van der Waals surface area contributed by atoms with Crippen LogP contribution < -0.4 is 10.5 Å². The molecule has 0 unspecified atom stereocenters. The maximum absolute atomic E-state index is 12.6. The molecule has 0 aliphatic carbocycles. The number of carbonyl (C=O) groups is 1. The zero-order valence-electron chi connectivity index (χ0n) is 10.8. The minimum Gasteiger partial charge on any atom is -0.493 e. The second-order valence-electron chi connectivity index (χ2n) is 4.14. The average Bonchev–Trinajstić information content (AvgIpc) is 2.43. The second kappa shape index (κ2) is 6.41. The van der Waals surface area contributed by atoms with Gasteiger partial charge in [-0.3, -0.25) is 4.79 Å². The van der Waals surface area contributed by atoms with Crippen LogP contribution in [0.4, 0.5) is 5.69 Å². The summed E-state index contributed by atoms with van der Waals surface area (Å²) < 4.78 is 7.11. The number of nitrogens with two attached hydrogens (primary N) is 1. The van der Waals surface area contributed by atoms with Crippen molar-refractivity contribution in [3.63, 3.8) is 0 Å². The monoisotopic (exact) mass is 397 g/mol. The first-order valence-corrected chi connectivity index (χ1v) is 7.63. The standard InChI is InChI=1S/C15H13Br2NO2/c1-2-20-14-6-4-10(16)8-11(14)15(19)9-3-5-12(17)13(18)7-9/h3-8H,2,18H2,1H3. The Morgan fingerprint density at radius 1 is 1.20 bits per heavy atom. The van der Waals surface area contributed by atoms with Gasteiger partial charge in [-0.1, -0.05) is 15.9 Å². The topological polar surface area (TPSA) is 52.3 Å². The Bertz CT molecular complexity index is 656. The van der Waals surface area contributed by atoms with E-state index < -0.39 is 0 Å². The van der Waals surface area contributed by atoms with E-state index in [1.54, 1.807) is 30.3 Å². The Morgan fingerprint density at radius 3 is 2.60 bits per heavy atom. The Kier molecular flexibility index (Phi) is 4.83. The number of hydrogen-bond donors (Lipinski definition) is 1. The molecule has 0 spiro atoms. The predicted octanol–water partition coefficient (Wildman–Crippen LogP) is 4.42. The molecule has 0 saturated heterocycles. The Hall–Kier alpha value is -1.33. The smallest absolute Gasteiger partial charge is 0.196 e. The Morgan fingerprint density at radius 2 is 1.95 bits per heavy atom. The summed E-state index contributed by atoms with van der Waals surface area (Å²) in [5.74, 6) is 0.455. The van der Waals surface area contributed by atoms with Crippen molar-refractivity contribution in [2.75, 3.05) is 12.3 Å². The summed E-state index contributed by atoms with van der Waals surface area (Å²) in [6, 6.07) is 10.5. The van der Waals surface area contributed by atoms with Gasteiger partial charge in [-0.05, 0) is 59.3 Å². The first-order chi connectivity index (χ1) is 9.52. The maximum atomic E-state index is 12.6. The van der Waals surface area contributed by atoms with Crippen LogP contribution in [0, 0.1) is 0 Å². The van der Waals surface area contributed by atoms with Crippen LogP contribution in [-0.2, 0) is 0 Å². The van der Waals surface area contributed by atoms with Gasteiger partial charge in [0.2, 0.25) is 0 Å². The van der Waals surface area contributed by atoms with Gasteiger partial charge in [0, 0.05) is 20.2 Å². The third-order valence-electron chi connectivity index (χ3n) is 2.74.